The monoisotopic (exact) mass is 460 g/mol. The van der Waals surface area contributed by atoms with Gasteiger partial charge in [0.15, 0.2) is 0 Å². The van der Waals surface area contributed by atoms with Gasteiger partial charge in [0.2, 0.25) is 5.13 Å². The van der Waals surface area contributed by atoms with Gasteiger partial charge in [0.05, 0.1) is 14.2 Å². The van der Waals surface area contributed by atoms with Crippen LogP contribution in [0.3, 0.4) is 0 Å². The molecule has 0 aliphatic heterocycles. The standard InChI is InChI=1S/C24H20N4O4S/c1-31-19-11-5-16(6-12-19)21(29)25-18-9-3-15(4-10-18)22(30)26-24-28-27-23(33-24)17-7-13-20(32-2)14-8-17/h3-14H,1-2H3,(H,25,29)(H,26,28,30). The van der Waals surface area contributed by atoms with Gasteiger partial charge in [-0.1, -0.05) is 11.3 Å². The molecule has 166 valence electrons. The molecule has 0 aliphatic carbocycles. The van der Waals surface area contributed by atoms with Crippen molar-refractivity contribution < 1.29 is 19.1 Å². The third-order valence-corrected chi connectivity index (χ3v) is 5.63. The molecule has 0 spiro atoms. The third-order valence-electron chi connectivity index (χ3n) is 4.74. The number of amides is 2. The second kappa shape index (κ2) is 9.92. The van der Waals surface area contributed by atoms with E-state index < -0.39 is 0 Å². The van der Waals surface area contributed by atoms with Crippen molar-refractivity contribution in [3.05, 3.63) is 83.9 Å². The Morgan fingerprint density at radius 3 is 1.79 bits per heavy atom. The lowest BCUT2D eigenvalue weighted by atomic mass is 10.1. The van der Waals surface area contributed by atoms with Crippen LogP contribution in [0.5, 0.6) is 11.5 Å². The fourth-order valence-electron chi connectivity index (χ4n) is 2.94. The van der Waals surface area contributed by atoms with Crippen molar-refractivity contribution in [3.63, 3.8) is 0 Å². The Balaban J connectivity index is 1.37. The van der Waals surface area contributed by atoms with Gasteiger partial charge in [-0.15, -0.1) is 10.2 Å². The lowest BCUT2D eigenvalue weighted by Crippen LogP contribution is -2.13. The molecule has 0 saturated carbocycles. The van der Waals surface area contributed by atoms with E-state index in [9.17, 15) is 9.59 Å². The fourth-order valence-corrected chi connectivity index (χ4v) is 3.69. The molecule has 0 aliphatic rings. The topological polar surface area (TPSA) is 102 Å². The van der Waals surface area contributed by atoms with Crippen LogP contribution in [0.4, 0.5) is 10.8 Å². The van der Waals surface area contributed by atoms with E-state index in [-0.39, 0.29) is 11.8 Å². The SMILES string of the molecule is COc1ccc(C(=O)Nc2ccc(C(=O)Nc3nnc(-c4ccc(OC)cc4)s3)cc2)cc1. The Hall–Kier alpha value is -4.24. The highest BCUT2D eigenvalue weighted by Crippen LogP contribution is 2.28. The van der Waals surface area contributed by atoms with Crippen LogP contribution in [0.25, 0.3) is 10.6 Å². The molecule has 4 rings (SSSR count). The Labute approximate surface area is 194 Å². The number of ether oxygens (including phenoxy) is 2. The molecule has 0 saturated heterocycles. The highest BCUT2D eigenvalue weighted by atomic mass is 32.1. The van der Waals surface area contributed by atoms with Crippen molar-refractivity contribution in [1.82, 2.24) is 10.2 Å². The van der Waals surface area contributed by atoms with Gasteiger partial charge in [-0.2, -0.15) is 0 Å². The summed E-state index contributed by atoms with van der Waals surface area (Å²) >= 11 is 1.27. The Kier molecular flexibility index (Phi) is 6.61. The molecule has 0 radical (unpaired) electrons. The molecule has 0 fully saturated rings. The van der Waals surface area contributed by atoms with Gasteiger partial charge in [-0.25, -0.2) is 0 Å². The van der Waals surface area contributed by atoms with Crippen LogP contribution in [0.2, 0.25) is 0 Å². The second-order valence-corrected chi connectivity index (χ2v) is 7.83. The maximum absolute atomic E-state index is 12.6. The molecule has 0 unspecified atom stereocenters. The van der Waals surface area contributed by atoms with Gasteiger partial charge < -0.3 is 14.8 Å². The van der Waals surface area contributed by atoms with Crippen LogP contribution >= 0.6 is 11.3 Å². The first kappa shape index (κ1) is 22.0. The predicted octanol–water partition coefficient (Wildman–Crippen LogP) is 4.73. The molecular formula is C24H20N4O4S. The van der Waals surface area contributed by atoms with Gasteiger partial charge in [-0.05, 0) is 72.8 Å². The van der Waals surface area contributed by atoms with E-state index in [1.54, 1.807) is 62.8 Å². The number of hydrogen-bond acceptors (Lipinski definition) is 7. The summed E-state index contributed by atoms with van der Waals surface area (Å²) in [6.45, 7) is 0. The highest BCUT2D eigenvalue weighted by Gasteiger charge is 2.12. The first-order chi connectivity index (χ1) is 16.1. The summed E-state index contributed by atoms with van der Waals surface area (Å²) in [5.41, 5.74) is 2.39. The zero-order chi connectivity index (χ0) is 23.2. The number of anilines is 2. The molecule has 33 heavy (non-hydrogen) atoms. The maximum Gasteiger partial charge on any atom is 0.257 e. The van der Waals surface area contributed by atoms with Crippen molar-refractivity contribution in [1.29, 1.82) is 0 Å². The van der Waals surface area contributed by atoms with Crippen molar-refractivity contribution in [2.24, 2.45) is 0 Å². The molecule has 8 nitrogen and oxygen atoms in total. The maximum atomic E-state index is 12.6. The fraction of sp³-hybridized carbons (Fsp3) is 0.0833. The lowest BCUT2D eigenvalue weighted by Gasteiger charge is -2.07. The van der Waals surface area contributed by atoms with Crippen LogP contribution in [-0.2, 0) is 0 Å². The third kappa shape index (κ3) is 5.34. The second-order valence-electron chi connectivity index (χ2n) is 6.85. The average Bonchev–Trinajstić information content (AvgIpc) is 3.33. The van der Waals surface area contributed by atoms with Crippen molar-refractivity contribution >= 4 is 34.0 Å². The molecule has 0 bridgehead atoms. The van der Waals surface area contributed by atoms with Crippen LogP contribution in [-0.4, -0.2) is 36.2 Å². The van der Waals surface area contributed by atoms with E-state index in [1.807, 2.05) is 24.3 Å². The minimum absolute atomic E-state index is 0.255. The number of hydrogen-bond donors (Lipinski definition) is 2. The minimum atomic E-state index is -0.319. The summed E-state index contributed by atoms with van der Waals surface area (Å²) in [4.78, 5) is 24.9. The van der Waals surface area contributed by atoms with Crippen LogP contribution in [0, 0.1) is 0 Å². The van der Waals surface area contributed by atoms with Crippen LogP contribution in [0.1, 0.15) is 20.7 Å². The summed E-state index contributed by atoms with van der Waals surface area (Å²) in [5, 5.41) is 14.8. The summed E-state index contributed by atoms with van der Waals surface area (Å²) in [6, 6.07) is 20.8. The van der Waals surface area contributed by atoms with Gasteiger partial charge in [0.1, 0.15) is 16.5 Å². The summed E-state index contributed by atoms with van der Waals surface area (Å²) in [7, 11) is 3.17. The normalized spacial score (nSPS) is 10.4. The summed E-state index contributed by atoms with van der Waals surface area (Å²) in [5.74, 6) is 0.851. The van der Waals surface area contributed by atoms with E-state index >= 15 is 0 Å². The first-order valence-corrected chi connectivity index (χ1v) is 10.7. The molecule has 9 heteroatoms. The molecule has 1 aromatic heterocycles. The largest absolute Gasteiger partial charge is 0.497 e. The number of nitrogens with one attached hydrogen (secondary N) is 2. The average molecular weight is 461 g/mol. The Bertz CT molecular complexity index is 1250. The lowest BCUT2D eigenvalue weighted by molar-refractivity contribution is 0.102. The summed E-state index contributed by atoms with van der Waals surface area (Å²) < 4.78 is 10.3. The van der Waals surface area contributed by atoms with Gasteiger partial charge in [0, 0.05) is 22.4 Å². The zero-order valence-electron chi connectivity index (χ0n) is 17.9. The molecule has 3 aromatic carbocycles. The van der Waals surface area contributed by atoms with Crippen LogP contribution < -0.4 is 20.1 Å². The number of carbonyl (C=O) groups excluding carboxylic acids is 2. The number of rotatable bonds is 7. The van der Waals surface area contributed by atoms with Gasteiger partial charge in [-0.3, -0.25) is 14.9 Å². The molecule has 1 heterocycles. The van der Waals surface area contributed by atoms with Crippen LogP contribution in [0.15, 0.2) is 72.8 Å². The number of methoxy groups -OCH3 is 2. The Morgan fingerprint density at radius 2 is 1.21 bits per heavy atom. The van der Waals surface area contributed by atoms with E-state index in [1.165, 1.54) is 11.3 Å². The minimum Gasteiger partial charge on any atom is -0.497 e. The Morgan fingerprint density at radius 1 is 0.697 bits per heavy atom. The van der Waals surface area contributed by atoms with Crippen molar-refractivity contribution in [3.8, 4) is 22.1 Å². The molecule has 2 N–H and O–H groups in total. The van der Waals surface area contributed by atoms with Crippen molar-refractivity contribution in [2.45, 2.75) is 0 Å². The zero-order valence-corrected chi connectivity index (χ0v) is 18.7. The van der Waals surface area contributed by atoms with E-state index in [2.05, 4.69) is 20.8 Å². The smallest absolute Gasteiger partial charge is 0.257 e. The quantitative estimate of drug-likeness (QED) is 0.413. The summed E-state index contributed by atoms with van der Waals surface area (Å²) in [6.07, 6.45) is 0. The van der Waals surface area contributed by atoms with Crippen molar-refractivity contribution in [2.75, 3.05) is 24.9 Å². The number of nitrogens with zero attached hydrogens (tertiary/aromatic N) is 2. The molecule has 0 atom stereocenters. The van der Waals surface area contributed by atoms with E-state index in [0.29, 0.717) is 32.7 Å². The number of carbonyl (C=O) groups is 2. The number of benzene rings is 3. The highest BCUT2D eigenvalue weighted by molar-refractivity contribution is 7.18. The number of aromatic nitrogens is 2. The van der Waals surface area contributed by atoms with E-state index in [4.69, 9.17) is 9.47 Å². The van der Waals surface area contributed by atoms with E-state index in [0.717, 1.165) is 11.3 Å². The molecule has 4 aromatic rings. The van der Waals surface area contributed by atoms with Gasteiger partial charge in [0.25, 0.3) is 11.8 Å². The predicted molar refractivity (Wildman–Crippen MR) is 127 cm³/mol. The first-order valence-electron chi connectivity index (χ1n) is 9.90. The molecule has 2 amide bonds. The van der Waals surface area contributed by atoms with Gasteiger partial charge >= 0.3 is 0 Å². The molecular weight excluding hydrogens is 440 g/mol.